The fourth-order valence-corrected chi connectivity index (χ4v) is 3.10. The molecule has 1 aliphatic rings. The molecule has 1 aromatic rings. The Morgan fingerprint density at radius 2 is 2.26 bits per heavy atom. The van der Waals surface area contributed by atoms with Crippen LogP contribution in [0.2, 0.25) is 0 Å². The predicted molar refractivity (Wildman–Crippen MR) is 80.2 cm³/mol. The first kappa shape index (κ1) is 15.0. The molecule has 1 aliphatic heterocycles. The number of aromatic nitrogens is 2. The van der Waals surface area contributed by atoms with E-state index in [9.17, 15) is 0 Å². The quantitative estimate of drug-likeness (QED) is 0.832. The fraction of sp³-hybridized carbons (Fsp3) is 0.786. The van der Waals surface area contributed by atoms with E-state index in [1.807, 2.05) is 18.7 Å². The maximum absolute atomic E-state index is 5.89. The molecule has 1 atom stereocenters. The van der Waals surface area contributed by atoms with Gasteiger partial charge in [0.2, 0.25) is 0 Å². The van der Waals surface area contributed by atoms with Gasteiger partial charge in [-0.25, -0.2) is 0 Å². The number of nitrogens with zero attached hydrogens (tertiary/aromatic N) is 3. The lowest BCUT2D eigenvalue weighted by molar-refractivity contribution is -0.00283. The third kappa shape index (κ3) is 3.80. The molecule has 5 heteroatoms. The Hall–Kier alpha value is -0.390. The third-order valence-electron chi connectivity index (χ3n) is 3.65. The number of piperidine rings is 1. The summed E-state index contributed by atoms with van der Waals surface area (Å²) in [6.45, 7) is 8.23. The first-order chi connectivity index (χ1) is 9.11. The van der Waals surface area contributed by atoms with Crippen LogP contribution in [0.15, 0.2) is 4.47 Å². The maximum atomic E-state index is 5.89. The molecule has 1 fully saturated rings. The summed E-state index contributed by atoms with van der Waals surface area (Å²) in [6.07, 6.45) is 3.93. The Morgan fingerprint density at radius 1 is 1.47 bits per heavy atom. The summed E-state index contributed by atoms with van der Waals surface area (Å²) < 4.78 is 9.02. The second kappa shape index (κ2) is 6.86. The largest absolute Gasteiger partial charge is 0.377 e. The molecule has 2 heterocycles. The van der Waals surface area contributed by atoms with Gasteiger partial charge in [0.25, 0.3) is 0 Å². The van der Waals surface area contributed by atoms with Crippen molar-refractivity contribution in [2.24, 2.45) is 7.05 Å². The van der Waals surface area contributed by atoms with E-state index in [1.165, 1.54) is 18.5 Å². The van der Waals surface area contributed by atoms with E-state index in [4.69, 9.17) is 4.74 Å². The minimum atomic E-state index is 0.404. The molecule has 0 N–H and O–H groups in total. The number of hydrogen-bond acceptors (Lipinski definition) is 3. The molecule has 2 rings (SSSR count). The molecule has 1 aromatic heterocycles. The van der Waals surface area contributed by atoms with Crippen molar-refractivity contribution in [3.05, 3.63) is 15.9 Å². The van der Waals surface area contributed by atoms with Crippen molar-refractivity contribution >= 4 is 15.9 Å². The van der Waals surface area contributed by atoms with Crippen molar-refractivity contribution in [1.82, 2.24) is 14.7 Å². The summed E-state index contributed by atoms with van der Waals surface area (Å²) in [4.78, 5) is 2.48. The molecule has 0 aromatic carbocycles. The van der Waals surface area contributed by atoms with Gasteiger partial charge in [0.05, 0.1) is 22.0 Å². The minimum absolute atomic E-state index is 0.404. The van der Waals surface area contributed by atoms with Crippen LogP contribution in [0.5, 0.6) is 0 Å². The van der Waals surface area contributed by atoms with Gasteiger partial charge in [-0.3, -0.25) is 9.58 Å². The lowest BCUT2D eigenvalue weighted by Gasteiger charge is -2.32. The van der Waals surface area contributed by atoms with Crippen LogP contribution in [0.4, 0.5) is 0 Å². The van der Waals surface area contributed by atoms with Gasteiger partial charge in [-0.05, 0) is 48.7 Å². The summed E-state index contributed by atoms with van der Waals surface area (Å²) in [5, 5.41) is 4.46. The van der Waals surface area contributed by atoms with Crippen molar-refractivity contribution in [2.45, 2.75) is 45.8 Å². The summed E-state index contributed by atoms with van der Waals surface area (Å²) in [7, 11) is 2.02. The van der Waals surface area contributed by atoms with Crippen LogP contribution >= 0.6 is 15.9 Å². The zero-order chi connectivity index (χ0) is 13.8. The van der Waals surface area contributed by atoms with Gasteiger partial charge in [-0.2, -0.15) is 5.10 Å². The molecular weight excluding hydrogens is 306 g/mol. The number of ether oxygens (including phenoxy) is 1. The van der Waals surface area contributed by atoms with Gasteiger partial charge in [-0.1, -0.05) is 6.92 Å². The van der Waals surface area contributed by atoms with E-state index in [0.29, 0.717) is 6.10 Å². The number of hydrogen-bond donors (Lipinski definition) is 0. The Morgan fingerprint density at radius 3 is 2.89 bits per heavy atom. The molecule has 0 spiro atoms. The van der Waals surface area contributed by atoms with Gasteiger partial charge in [0.15, 0.2) is 0 Å². The Bertz CT molecular complexity index is 419. The van der Waals surface area contributed by atoms with Crippen LogP contribution in [-0.4, -0.2) is 40.5 Å². The average Bonchev–Trinajstić information content (AvgIpc) is 2.64. The van der Waals surface area contributed by atoms with Gasteiger partial charge in [-0.15, -0.1) is 0 Å². The van der Waals surface area contributed by atoms with Crippen LogP contribution < -0.4 is 0 Å². The van der Waals surface area contributed by atoms with Gasteiger partial charge < -0.3 is 4.74 Å². The molecule has 0 amide bonds. The Balaban J connectivity index is 1.95. The SMILES string of the molecule is CCCOC1CCCN(Cc2c(Br)c(C)nn2C)C1. The second-order valence-corrected chi connectivity index (χ2v) is 6.13. The van der Waals surface area contributed by atoms with E-state index < -0.39 is 0 Å². The smallest absolute Gasteiger partial charge is 0.0739 e. The monoisotopic (exact) mass is 329 g/mol. The molecule has 0 bridgehead atoms. The topological polar surface area (TPSA) is 30.3 Å². The molecule has 1 saturated heterocycles. The minimum Gasteiger partial charge on any atom is -0.377 e. The van der Waals surface area contributed by atoms with Crippen LogP contribution in [-0.2, 0) is 18.3 Å². The first-order valence-corrected chi connectivity index (χ1v) is 7.93. The van der Waals surface area contributed by atoms with Crippen molar-refractivity contribution in [1.29, 1.82) is 0 Å². The van der Waals surface area contributed by atoms with E-state index in [2.05, 4.69) is 32.9 Å². The maximum Gasteiger partial charge on any atom is 0.0739 e. The summed E-state index contributed by atoms with van der Waals surface area (Å²) in [5.41, 5.74) is 2.32. The molecule has 0 aliphatic carbocycles. The number of rotatable bonds is 5. The molecule has 0 radical (unpaired) electrons. The van der Waals surface area contributed by atoms with Crippen LogP contribution in [0, 0.1) is 6.92 Å². The van der Waals surface area contributed by atoms with Crippen molar-refractivity contribution in [2.75, 3.05) is 19.7 Å². The normalized spacial score (nSPS) is 20.9. The predicted octanol–water partition coefficient (Wildman–Crippen LogP) is 2.88. The number of aryl methyl sites for hydroxylation is 2. The highest BCUT2D eigenvalue weighted by Crippen LogP contribution is 2.23. The first-order valence-electron chi connectivity index (χ1n) is 7.13. The highest BCUT2D eigenvalue weighted by molar-refractivity contribution is 9.10. The fourth-order valence-electron chi connectivity index (χ4n) is 2.64. The highest BCUT2D eigenvalue weighted by atomic mass is 79.9. The second-order valence-electron chi connectivity index (χ2n) is 5.34. The summed E-state index contributed by atoms with van der Waals surface area (Å²) in [6, 6.07) is 0. The standard InChI is InChI=1S/C14H24BrN3O/c1-4-8-19-12-6-5-7-18(9-12)10-13-14(15)11(2)16-17(13)3/h12H,4-10H2,1-3H3. The zero-order valence-electron chi connectivity index (χ0n) is 12.2. The van der Waals surface area contributed by atoms with Crippen molar-refractivity contribution < 1.29 is 4.74 Å². The van der Waals surface area contributed by atoms with Crippen LogP contribution in [0.1, 0.15) is 37.6 Å². The van der Waals surface area contributed by atoms with Gasteiger partial charge >= 0.3 is 0 Å². The van der Waals surface area contributed by atoms with E-state index in [1.54, 1.807) is 0 Å². The van der Waals surface area contributed by atoms with E-state index >= 15 is 0 Å². The van der Waals surface area contributed by atoms with Crippen molar-refractivity contribution in [3.63, 3.8) is 0 Å². The average molecular weight is 330 g/mol. The molecule has 0 saturated carbocycles. The van der Waals surface area contributed by atoms with E-state index in [0.717, 1.165) is 42.8 Å². The highest BCUT2D eigenvalue weighted by Gasteiger charge is 2.22. The lowest BCUT2D eigenvalue weighted by atomic mass is 10.1. The number of halogens is 1. The summed E-state index contributed by atoms with van der Waals surface area (Å²) >= 11 is 3.64. The van der Waals surface area contributed by atoms with Crippen LogP contribution in [0.25, 0.3) is 0 Å². The molecule has 1 unspecified atom stereocenters. The molecule has 4 nitrogen and oxygen atoms in total. The third-order valence-corrected chi connectivity index (χ3v) is 4.69. The van der Waals surface area contributed by atoms with Crippen molar-refractivity contribution in [3.8, 4) is 0 Å². The molecule has 108 valence electrons. The van der Waals surface area contributed by atoms with Crippen LogP contribution in [0.3, 0.4) is 0 Å². The zero-order valence-corrected chi connectivity index (χ0v) is 13.7. The van der Waals surface area contributed by atoms with E-state index in [-0.39, 0.29) is 0 Å². The molecule has 19 heavy (non-hydrogen) atoms. The Kier molecular flexibility index (Phi) is 5.42. The lowest BCUT2D eigenvalue weighted by Crippen LogP contribution is -2.39. The van der Waals surface area contributed by atoms with Gasteiger partial charge in [0, 0.05) is 26.7 Å². The Labute approximate surface area is 124 Å². The summed E-state index contributed by atoms with van der Waals surface area (Å²) in [5.74, 6) is 0. The number of likely N-dealkylation sites (tertiary alicyclic amines) is 1. The van der Waals surface area contributed by atoms with Gasteiger partial charge in [0.1, 0.15) is 0 Å². The molecular formula is C14H24BrN3O.